The highest BCUT2D eigenvalue weighted by Crippen LogP contribution is 2.33. The number of anilines is 2. The van der Waals surface area contributed by atoms with Crippen molar-refractivity contribution in [3.63, 3.8) is 0 Å². The number of fused-ring (bicyclic) bond motifs is 1. The highest BCUT2D eigenvalue weighted by Gasteiger charge is 2.38. The van der Waals surface area contributed by atoms with Crippen molar-refractivity contribution in [3.05, 3.63) is 89.9 Å². The second kappa shape index (κ2) is 15.4. The maximum atomic E-state index is 14.7. The van der Waals surface area contributed by atoms with Crippen molar-refractivity contribution in [1.29, 1.82) is 0 Å². The van der Waals surface area contributed by atoms with E-state index in [1.807, 2.05) is 18.2 Å². The molecule has 0 aliphatic carbocycles. The number of halogens is 4. The van der Waals surface area contributed by atoms with Crippen LogP contribution in [0.15, 0.2) is 72.9 Å². The van der Waals surface area contributed by atoms with Crippen LogP contribution in [-0.2, 0) is 19.1 Å². The molecule has 1 heterocycles. The lowest BCUT2D eigenvalue weighted by Crippen LogP contribution is -2.37. The van der Waals surface area contributed by atoms with Gasteiger partial charge in [-0.15, -0.1) is 0 Å². The summed E-state index contributed by atoms with van der Waals surface area (Å²) < 4.78 is 62.0. The Morgan fingerprint density at radius 3 is 2.24 bits per heavy atom. The number of nitrogens with zero attached hydrogens (tertiary/aromatic N) is 1. The van der Waals surface area contributed by atoms with Crippen molar-refractivity contribution in [3.8, 4) is 11.5 Å². The molecule has 0 saturated heterocycles. The number of carboxylic acids is 1. The van der Waals surface area contributed by atoms with Gasteiger partial charge in [-0.1, -0.05) is 24.3 Å². The predicted octanol–water partition coefficient (Wildman–Crippen LogP) is 5.18. The number of hydrogen-bond donors (Lipinski definition) is 4. The number of pyridine rings is 1. The highest BCUT2D eigenvalue weighted by atomic mass is 19.4. The summed E-state index contributed by atoms with van der Waals surface area (Å²) in [7, 11) is 4.25. The molecule has 4 rings (SSSR count). The summed E-state index contributed by atoms with van der Waals surface area (Å²) in [5, 5.41) is 14.8. The Balaban J connectivity index is 0.000000738. The van der Waals surface area contributed by atoms with Crippen molar-refractivity contribution >= 4 is 40.1 Å². The van der Waals surface area contributed by atoms with Crippen LogP contribution in [0.2, 0.25) is 0 Å². The van der Waals surface area contributed by atoms with Gasteiger partial charge < -0.3 is 35.7 Å². The Hall–Kier alpha value is -5.60. The van der Waals surface area contributed by atoms with Gasteiger partial charge >= 0.3 is 18.1 Å². The Morgan fingerprint density at radius 2 is 1.63 bits per heavy atom. The number of esters is 1. The average Bonchev–Trinajstić information content (AvgIpc) is 3.03. The van der Waals surface area contributed by atoms with E-state index in [0.717, 1.165) is 10.8 Å². The molecule has 0 fully saturated rings. The minimum atomic E-state index is -5.08. The number of methoxy groups -OCH3 is 3. The van der Waals surface area contributed by atoms with E-state index in [1.54, 1.807) is 36.5 Å². The number of alkyl halides is 3. The molecule has 0 aliphatic heterocycles. The molecular formula is C31H30F4N4O7. The zero-order chi connectivity index (χ0) is 34.0. The number of ether oxygens (including phenoxy) is 3. The molecule has 0 spiro atoms. The van der Waals surface area contributed by atoms with Crippen molar-refractivity contribution in [2.24, 2.45) is 0 Å². The predicted molar refractivity (Wildman–Crippen MR) is 160 cm³/mol. The number of aliphatic carboxylic acids is 1. The third kappa shape index (κ3) is 8.97. The molecule has 0 saturated carbocycles. The second-order valence-corrected chi connectivity index (χ2v) is 9.49. The molecule has 4 aromatic rings. The Kier molecular flexibility index (Phi) is 11.7. The molecule has 244 valence electrons. The smallest absolute Gasteiger partial charge is 0.490 e. The first-order valence-corrected chi connectivity index (χ1v) is 13.3. The minimum Gasteiger partial charge on any atom is -0.493 e. The van der Waals surface area contributed by atoms with Crippen LogP contribution in [0.5, 0.6) is 11.5 Å². The van der Waals surface area contributed by atoms with Crippen LogP contribution in [0.25, 0.3) is 10.8 Å². The van der Waals surface area contributed by atoms with Gasteiger partial charge in [0.05, 0.1) is 33.8 Å². The first kappa shape index (κ1) is 34.9. The van der Waals surface area contributed by atoms with E-state index >= 15 is 0 Å². The van der Waals surface area contributed by atoms with Crippen LogP contribution in [0.3, 0.4) is 0 Å². The molecule has 1 amide bonds. The summed E-state index contributed by atoms with van der Waals surface area (Å²) in [5.41, 5.74) is 7.32. The Morgan fingerprint density at radius 1 is 0.957 bits per heavy atom. The molecule has 2 atom stereocenters. The van der Waals surface area contributed by atoms with Crippen LogP contribution in [0.1, 0.15) is 29.6 Å². The molecule has 1 unspecified atom stereocenters. The number of carboxylic acid groups (broad SMARTS) is 1. The van der Waals surface area contributed by atoms with E-state index in [2.05, 4.69) is 15.6 Å². The number of carbonyl (C=O) groups excluding carboxylic acids is 2. The van der Waals surface area contributed by atoms with Gasteiger partial charge in [0.25, 0.3) is 0 Å². The first-order chi connectivity index (χ1) is 21.8. The molecule has 11 nitrogen and oxygen atoms in total. The van der Waals surface area contributed by atoms with E-state index < -0.39 is 41.9 Å². The highest BCUT2D eigenvalue weighted by molar-refractivity contribution is 5.94. The lowest BCUT2D eigenvalue weighted by Gasteiger charge is -2.25. The zero-order valence-electron chi connectivity index (χ0n) is 24.7. The molecular weight excluding hydrogens is 616 g/mol. The number of benzene rings is 3. The standard InChI is InChI=1S/C29H29FN4O5.C2HF3O2/c1-37-24-11-8-18(15-25(24)38-2)27(33-19-9-10-20-17(14-19)12-13-32-28(20)31)29(36)34-23(16-26(35)39-3)21-6-4-5-7-22(21)30;3-2(4,5)1(6)7/h4-15,23,27,33H,16H2,1-3H3,(H2,31,32)(H,34,36);(H,6,7)/t23-,27?;/m1./s1. The SMILES string of the molecule is COC(=O)C[C@@H](NC(=O)C(Nc1ccc2c(N)nccc2c1)c1ccc(OC)c(OC)c1)c1ccccc1F.O=C(O)C(F)(F)F. The number of nitrogens with two attached hydrogens (primary N) is 1. The summed E-state index contributed by atoms with van der Waals surface area (Å²) in [6.45, 7) is 0. The van der Waals surface area contributed by atoms with E-state index in [9.17, 15) is 27.2 Å². The van der Waals surface area contributed by atoms with E-state index in [4.69, 9.17) is 29.8 Å². The number of rotatable bonds is 10. The Labute approximate surface area is 260 Å². The molecule has 1 aromatic heterocycles. The van der Waals surface area contributed by atoms with Gasteiger partial charge in [-0.05, 0) is 53.4 Å². The molecule has 15 heteroatoms. The lowest BCUT2D eigenvalue weighted by atomic mass is 10.00. The quantitative estimate of drug-likeness (QED) is 0.133. The summed E-state index contributed by atoms with van der Waals surface area (Å²) in [6, 6.07) is 16.3. The number of carbonyl (C=O) groups is 3. The molecule has 0 bridgehead atoms. The van der Waals surface area contributed by atoms with Crippen molar-refractivity contribution in [2.45, 2.75) is 24.7 Å². The Bertz CT molecular complexity index is 1700. The van der Waals surface area contributed by atoms with Gasteiger partial charge in [0.1, 0.15) is 17.7 Å². The topological polar surface area (TPSA) is 162 Å². The summed E-state index contributed by atoms with van der Waals surface area (Å²) in [6.07, 6.45) is -3.74. The van der Waals surface area contributed by atoms with E-state index in [-0.39, 0.29) is 12.0 Å². The van der Waals surface area contributed by atoms with Crippen molar-refractivity contribution in [1.82, 2.24) is 10.3 Å². The summed E-state index contributed by atoms with van der Waals surface area (Å²) >= 11 is 0. The largest absolute Gasteiger partial charge is 0.493 e. The molecule has 0 aliphatic rings. The summed E-state index contributed by atoms with van der Waals surface area (Å²) in [4.78, 5) is 39.0. The van der Waals surface area contributed by atoms with Crippen molar-refractivity contribution in [2.75, 3.05) is 32.4 Å². The normalized spacial score (nSPS) is 12.2. The number of amides is 1. The monoisotopic (exact) mass is 646 g/mol. The van der Waals surface area contributed by atoms with Crippen LogP contribution in [-0.4, -0.2) is 55.4 Å². The van der Waals surface area contributed by atoms with Gasteiger partial charge in [0.2, 0.25) is 5.91 Å². The van der Waals surface area contributed by atoms with Crippen LogP contribution in [0.4, 0.5) is 29.1 Å². The number of aromatic nitrogens is 1. The fourth-order valence-corrected chi connectivity index (χ4v) is 4.29. The number of nitrogens with one attached hydrogen (secondary N) is 2. The molecule has 5 N–H and O–H groups in total. The minimum absolute atomic E-state index is 0.163. The van der Waals surface area contributed by atoms with Crippen LogP contribution in [0, 0.1) is 5.82 Å². The zero-order valence-corrected chi connectivity index (χ0v) is 24.7. The fourth-order valence-electron chi connectivity index (χ4n) is 4.29. The second-order valence-electron chi connectivity index (χ2n) is 9.49. The number of hydrogen-bond acceptors (Lipinski definition) is 9. The summed E-state index contributed by atoms with van der Waals surface area (Å²) in [5.74, 6) is -3.11. The maximum Gasteiger partial charge on any atom is 0.490 e. The van der Waals surface area contributed by atoms with Gasteiger partial charge in [0, 0.05) is 22.8 Å². The molecule has 3 aromatic carbocycles. The van der Waals surface area contributed by atoms with Gasteiger partial charge in [-0.2, -0.15) is 13.2 Å². The first-order valence-electron chi connectivity index (χ1n) is 13.3. The third-order valence-electron chi connectivity index (χ3n) is 6.55. The third-order valence-corrected chi connectivity index (χ3v) is 6.55. The number of nitrogen functional groups attached to an aromatic ring is 1. The van der Waals surface area contributed by atoms with Crippen LogP contribution >= 0.6 is 0 Å². The average molecular weight is 647 g/mol. The fraction of sp³-hybridized carbons (Fsp3) is 0.226. The van der Waals surface area contributed by atoms with E-state index in [0.29, 0.717) is 28.6 Å². The van der Waals surface area contributed by atoms with Gasteiger partial charge in [-0.3, -0.25) is 9.59 Å². The van der Waals surface area contributed by atoms with Crippen molar-refractivity contribution < 1.29 is 51.3 Å². The molecule has 46 heavy (non-hydrogen) atoms. The van der Waals surface area contributed by atoms with Crippen LogP contribution < -0.4 is 25.8 Å². The van der Waals surface area contributed by atoms with Gasteiger partial charge in [-0.25, -0.2) is 14.2 Å². The van der Waals surface area contributed by atoms with E-state index in [1.165, 1.54) is 39.5 Å². The molecule has 0 radical (unpaired) electrons. The van der Waals surface area contributed by atoms with Gasteiger partial charge in [0.15, 0.2) is 11.5 Å². The maximum absolute atomic E-state index is 14.7. The lowest BCUT2D eigenvalue weighted by molar-refractivity contribution is -0.192.